The van der Waals surface area contributed by atoms with E-state index in [1.165, 1.54) is 0 Å². The average Bonchev–Trinajstić information content (AvgIpc) is 3.72. The Bertz CT molecular complexity index is 2050. The Balaban J connectivity index is 1.40. The van der Waals surface area contributed by atoms with Crippen LogP contribution in [-0.2, 0) is 12.8 Å². The topological polar surface area (TPSA) is 113 Å². The third kappa shape index (κ3) is 5.83. The number of amides is 1. The molecule has 0 spiro atoms. The van der Waals surface area contributed by atoms with Crippen molar-refractivity contribution < 1.29 is 45.3 Å². The molecule has 2 aliphatic heterocycles. The van der Waals surface area contributed by atoms with Gasteiger partial charge in [-0.25, -0.2) is 22.9 Å². The summed E-state index contributed by atoms with van der Waals surface area (Å²) in [5, 5.41) is -0.845. The maximum Gasteiger partial charge on any atom is 0.417 e. The quantitative estimate of drug-likeness (QED) is 0.170. The smallest absolute Gasteiger partial charge is 0.417 e. The maximum atomic E-state index is 16.7. The van der Waals surface area contributed by atoms with Crippen molar-refractivity contribution in [2.75, 3.05) is 19.7 Å². The molecule has 2 saturated heterocycles. The summed E-state index contributed by atoms with van der Waals surface area (Å²) in [5.74, 6) is -2.70. The molecule has 7 rings (SSSR count). The summed E-state index contributed by atoms with van der Waals surface area (Å²) in [5.41, 5.74) is 1.25. The van der Waals surface area contributed by atoms with Crippen LogP contribution in [0.2, 0.25) is 0 Å². The minimum atomic E-state index is -5.13. The molecule has 16 heteroatoms. The SMILES string of the molecule is NC(=O)Oc1nc2c(-c3c(C(F)(F)F)cc4c(OCc5ccccc5)nc(OC[C@@]56CCCN5C[C@H](F)C6)nc4c3F)ccc(F)c2s1. The van der Waals surface area contributed by atoms with Gasteiger partial charge >= 0.3 is 18.3 Å². The molecule has 0 radical (unpaired) electrons. The van der Waals surface area contributed by atoms with Gasteiger partial charge in [-0.1, -0.05) is 41.7 Å². The van der Waals surface area contributed by atoms with Crippen molar-refractivity contribution >= 4 is 38.5 Å². The number of primary amides is 1. The highest BCUT2D eigenvalue weighted by molar-refractivity contribution is 7.20. The number of nitrogens with zero attached hydrogens (tertiary/aromatic N) is 4. The second-order valence-electron chi connectivity index (χ2n) is 11.6. The van der Waals surface area contributed by atoms with Gasteiger partial charge in [-0.05, 0) is 43.1 Å². The van der Waals surface area contributed by atoms with E-state index in [4.69, 9.17) is 19.9 Å². The van der Waals surface area contributed by atoms with Crippen LogP contribution in [0, 0.1) is 11.6 Å². The van der Waals surface area contributed by atoms with Crippen LogP contribution in [0.1, 0.15) is 30.4 Å². The number of aromatic nitrogens is 3. The molecule has 0 saturated carbocycles. The van der Waals surface area contributed by atoms with Crippen LogP contribution in [0.5, 0.6) is 17.1 Å². The van der Waals surface area contributed by atoms with Crippen molar-refractivity contribution in [3.8, 4) is 28.2 Å². The number of ether oxygens (including phenoxy) is 3. The Morgan fingerprint density at radius 1 is 1.06 bits per heavy atom. The molecular formula is C32H25F6N5O4S. The molecule has 0 aliphatic carbocycles. The standard InChI is InChI=1S/C32H25F6N5O4S/c33-17-12-31(9-4-10-43(31)13-17)15-46-29-40-24-19(27(42-29)45-14-16-5-2-1-3-6-16)11-20(32(36,37)38)22(23(24)35)18-7-8-21(34)26-25(18)41-30(48-26)47-28(39)44/h1-3,5-8,11,17H,4,9-10,12-15H2,(H2,39,44)/t17-,31+/m1/s1. The molecule has 5 aromatic rings. The van der Waals surface area contributed by atoms with Crippen LogP contribution in [0.15, 0.2) is 48.5 Å². The van der Waals surface area contributed by atoms with Crippen LogP contribution >= 0.6 is 11.3 Å². The van der Waals surface area contributed by atoms with Gasteiger partial charge in [-0.2, -0.15) is 23.1 Å². The number of carbonyl (C=O) groups is 1. The van der Waals surface area contributed by atoms with Crippen molar-refractivity contribution in [1.29, 1.82) is 0 Å². The highest BCUT2D eigenvalue weighted by Crippen LogP contribution is 2.47. The Labute approximate surface area is 272 Å². The minimum Gasteiger partial charge on any atom is -0.472 e. The van der Waals surface area contributed by atoms with E-state index in [9.17, 15) is 26.7 Å². The molecule has 250 valence electrons. The van der Waals surface area contributed by atoms with Gasteiger partial charge in [0.05, 0.1) is 26.7 Å². The Kier molecular flexibility index (Phi) is 8.02. The van der Waals surface area contributed by atoms with E-state index in [2.05, 4.69) is 15.0 Å². The van der Waals surface area contributed by atoms with Crippen molar-refractivity contribution in [3.05, 3.63) is 71.3 Å². The highest BCUT2D eigenvalue weighted by Gasteiger charge is 2.49. The predicted molar refractivity (Wildman–Crippen MR) is 163 cm³/mol. The number of nitrogens with two attached hydrogens (primary N) is 1. The zero-order valence-corrected chi connectivity index (χ0v) is 25.6. The monoisotopic (exact) mass is 689 g/mol. The lowest BCUT2D eigenvalue weighted by Crippen LogP contribution is -2.43. The van der Waals surface area contributed by atoms with Gasteiger partial charge in [0.1, 0.15) is 30.7 Å². The van der Waals surface area contributed by atoms with Gasteiger partial charge in [0.25, 0.3) is 5.19 Å². The van der Waals surface area contributed by atoms with Gasteiger partial charge in [-0.15, -0.1) is 0 Å². The van der Waals surface area contributed by atoms with Crippen LogP contribution in [0.4, 0.5) is 31.1 Å². The Hall–Kier alpha value is -4.70. The highest BCUT2D eigenvalue weighted by atomic mass is 32.1. The van der Waals surface area contributed by atoms with Crippen LogP contribution < -0.4 is 19.9 Å². The van der Waals surface area contributed by atoms with Gasteiger partial charge in [0, 0.05) is 24.1 Å². The number of alkyl halides is 4. The normalized spacial score (nSPS) is 19.6. The van der Waals surface area contributed by atoms with E-state index < -0.39 is 73.9 Å². The lowest BCUT2D eigenvalue weighted by Gasteiger charge is -2.30. The first-order valence-electron chi connectivity index (χ1n) is 14.8. The summed E-state index contributed by atoms with van der Waals surface area (Å²) in [4.78, 5) is 25.7. The van der Waals surface area contributed by atoms with Crippen molar-refractivity contribution in [2.24, 2.45) is 5.73 Å². The van der Waals surface area contributed by atoms with E-state index in [1.807, 2.05) is 4.90 Å². The number of halogens is 6. The molecule has 1 amide bonds. The summed E-state index contributed by atoms with van der Waals surface area (Å²) in [6, 6.07) is 10.8. The molecule has 0 bridgehead atoms. The fraction of sp³-hybridized carbons (Fsp3) is 0.312. The van der Waals surface area contributed by atoms with Crippen molar-refractivity contribution in [2.45, 2.75) is 43.8 Å². The summed E-state index contributed by atoms with van der Waals surface area (Å²) < 4.78 is 106. The molecule has 2 aliphatic rings. The molecule has 2 aromatic heterocycles. The van der Waals surface area contributed by atoms with Crippen LogP contribution in [0.25, 0.3) is 32.2 Å². The first-order valence-corrected chi connectivity index (χ1v) is 15.6. The van der Waals surface area contributed by atoms with E-state index in [1.54, 1.807) is 30.3 Å². The molecule has 0 unspecified atom stereocenters. The number of rotatable bonds is 8. The second-order valence-corrected chi connectivity index (χ2v) is 12.6. The molecule has 3 aromatic carbocycles. The molecule has 48 heavy (non-hydrogen) atoms. The number of hydrogen-bond donors (Lipinski definition) is 1. The van der Waals surface area contributed by atoms with Gasteiger partial charge < -0.3 is 19.9 Å². The summed E-state index contributed by atoms with van der Waals surface area (Å²) in [7, 11) is 0. The van der Waals surface area contributed by atoms with Gasteiger partial charge in [0.2, 0.25) is 5.88 Å². The largest absolute Gasteiger partial charge is 0.472 e. The molecule has 2 N–H and O–H groups in total. The van der Waals surface area contributed by atoms with E-state index in [0.29, 0.717) is 35.9 Å². The first-order chi connectivity index (χ1) is 22.9. The summed E-state index contributed by atoms with van der Waals surface area (Å²) >= 11 is 0.510. The second kappa shape index (κ2) is 12.1. The van der Waals surface area contributed by atoms with E-state index in [0.717, 1.165) is 18.6 Å². The summed E-state index contributed by atoms with van der Waals surface area (Å²) in [6.45, 7) is 0.770. The van der Waals surface area contributed by atoms with E-state index >= 15 is 4.39 Å². The zero-order valence-electron chi connectivity index (χ0n) is 24.8. The molecule has 4 heterocycles. The van der Waals surface area contributed by atoms with Crippen molar-refractivity contribution in [3.63, 3.8) is 0 Å². The lowest BCUT2D eigenvalue weighted by molar-refractivity contribution is -0.137. The Morgan fingerprint density at radius 3 is 2.60 bits per heavy atom. The molecular weight excluding hydrogens is 664 g/mol. The maximum absolute atomic E-state index is 16.7. The minimum absolute atomic E-state index is 0.0355. The number of carbonyl (C=O) groups excluding carboxylic acids is 1. The predicted octanol–water partition coefficient (Wildman–Crippen LogP) is 7.20. The lowest BCUT2D eigenvalue weighted by atomic mass is 9.95. The first kappa shape index (κ1) is 31.9. The third-order valence-electron chi connectivity index (χ3n) is 8.56. The van der Waals surface area contributed by atoms with E-state index in [-0.39, 0.29) is 42.8 Å². The van der Waals surface area contributed by atoms with Crippen LogP contribution in [0.3, 0.4) is 0 Å². The van der Waals surface area contributed by atoms with Crippen LogP contribution in [-0.4, -0.2) is 57.4 Å². The molecule has 9 nitrogen and oxygen atoms in total. The fourth-order valence-corrected chi connectivity index (χ4v) is 7.36. The molecule has 2 fully saturated rings. The number of thiazole rings is 1. The number of fused-ring (bicyclic) bond motifs is 3. The van der Waals surface area contributed by atoms with Gasteiger partial charge in [-0.3, -0.25) is 4.90 Å². The third-order valence-corrected chi connectivity index (χ3v) is 9.51. The fourth-order valence-electron chi connectivity index (χ4n) is 6.50. The number of hydrogen-bond acceptors (Lipinski definition) is 9. The Morgan fingerprint density at radius 2 is 1.85 bits per heavy atom. The van der Waals surface area contributed by atoms with Gasteiger partial charge in [0.15, 0.2) is 5.82 Å². The molecule has 2 atom stereocenters. The summed E-state index contributed by atoms with van der Waals surface area (Å²) in [6.07, 6.45) is -5.76. The van der Waals surface area contributed by atoms with Crippen molar-refractivity contribution in [1.82, 2.24) is 19.9 Å². The zero-order chi connectivity index (χ0) is 33.8. The average molecular weight is 690 g/mol. The number of benzene rings is 3.